The van der Waals surface area contributed by atoms with Gasteiger partial charge >= 0.3 is 0 Å². The van der Waals surface area contributed by atoms with E-state index in [9.17, 15) is 0 Å². The molecule has 0 N–H and O–H groups in total. The van der Waals surface area contributed by atoms with Gasteiger partial charge in [0.05, 0.1) is 0 Å². The molecule has 0 aliphatic carbocycles. The van der Waals surface area contributed by atoms with Crippen molar-refractivity contribution in [2.75, 3.05) is 4.43 Å². The first-order valence-corrected chi connectivity index (χ1v) is 6.24. The zero-order valence-corrected chi connectivity index (χ0v) is 10.4. The quantitative estimate of drug-likeness (QED) is 0.290. The second-order valence-corrected chi connectivity index (χ2v) is 4.32. The number of hydrogen-bond acceptors (Lipinski definition) is 0. The van der Waals surface area contributed by atoms with Gasteiger partial charge in [-0.3, -0.25) is 0 Å². The van der Waals surface area contributed by atoms with Gasteiger partial charge in [0.2, 0.25) is 0 Å². The molecule has 0 saturated heterocycles. The topological polar surface area (TPSA) is 0 Å². The van der Waals surface area contributed by atoms with Crippen molar-refractivity contribution in [3.05, 3.63) is 17.4 Å². The largest absolute Gasteiger partial charge is 0.127 e. The van der Waals surface area contributed by atoms with Crippen LogP contribution in [0.3, 0.4) is 0 Å². The van der Waals surface area contributed by atoms with Gasteiger partial charge in [0.25, 0.3) is 0 Å². The van der Waals surface area contributed by atoms with Crippen LogP contribution in [0.2, 0.25) is 0 Å². The molecule has 0 aliphatic rings. The average Bonchev–Trinajstić information content (AvgIpc) is 2.02. The second kappa shape index (κ2) is 9.34. The zero-order valence-electron chi connectivity index (χ0n) is 8.20. The summed E-state index contributed by atoms with van der Waals surface area (Å²) in [6.07, 6.45) is 8.85. The minimum Gasteiger partial charge on any atom is -0.127 e. The molecule has 0 amide bonds. The Morgan fingerprint density at radius 1 is 1.17 bits per heavy atom. The Hall–Kier alpha value is 0.250. The van der Waals surface area contributed by atoms with Crippen LogP contribution < -0.4 is 0 Å². The van der Waals surface area contributed by atoms with Crippen LogP contribution in [0.1, 0.15) is 46.0 Å². The van der Waals surface area contributed by atoms with E-state index in [1.165, 1.54) is 42.1 Å². The van der Waals surface area contributed by atoms with Crippen LogP contribution >= 0.6 is 22.6 Å². The molecule has 0 bridgehead atoms. The molecule has 12 heavy (non-hydrogen) atoms. The van der Waals surface area contributed by atoms with Crippen molar-refractivity contribution in [3.8, 4) is 0 Å². The number of halogens is 1. The molecule has 0 spiro atoms. The van der Waals surface area contributed by atoms with E-state index in [0.29, 0.717) is 0 Å². The fraction of sp³-hybridized carbons (Fsp3) is 0.727. The molecule has 0 aromatic heterocycles. The monoisotopic (exact) mass is 278 g/mol. The van der Waals surface area contributed by atoms with Crippen LogP contribution in [0.4, 0.5) is 0 Å². The van der Waals surface area contributed by atoms with Gasteiger partial charge in [0, 0.05) is 0 Å². The maximum absolute atomic E-state index is 3.23. The molecule has 1 heteroatoms. The third kappa shape index (κ3) is 10.2. The Balaban J connectivity index is 3.16. The standard InChI is InChI=1S/C11H19I/c1-11(2)9-7-5-3-4-6-8-10-12/h7H,3-6,8,10H2,1-2H3. The summed E-state index contributed by atoms with van der Waals surface area (Å²) in [5.74, 6) is 0. The number of hydrogen-bond donors (Lipinski definition) is 0. The predicted molar refractivity (Wildman–Crippen MR) is 64.9 cm³/mol. The summed E-state index contributed by atoms with van der Waals surface area (Å²) in [7, 11) is 0. The van der Waals surface area contributed by atoms with Crippen molar-refractivity contribution in [3.63, 3.8) is 0 Å². The summed E-state index contributed by atoms with van der Waals surface area (Å²) in [6, 6.07) is 0. The molecule has 0 radical (unpaired) electrons. The van der Waals surface area contributed by atoms with Gasteiger partial charge in [-0.1, -0.05) is 35.4 Å². The Bertz CT molecular complexity index is 148. The Morgan fingerprint density at radius 3 is 2.42 bits per heavy atom. The Morgan fingerprint density at radius 2 is 1.83 bits per heavy atom. The minimum atomic E-state index is 1.20. The van der Waals surface area contributed by atoms with Crippen LogP contribution in [0.15, 0.2) is 17.4 Å². The maximum atomic E-state index is 3.23. The number of unbranched alkanes of at least 4 members (excludes halogenated alkanes) is 4. The van der Waals surface area contributed by atoms with E-state index in [-0.39, 0.29) is 0 Å². The highest BCUT2D eigenvalue weighted by Gasteiger charge is 1.85. The van der Waals surface area contributed by atoms with E-state index in [1.54, 1.807) is 0 Å². The molecule has 0 aromatic rings. The average molecular weight is 278 g/mol. The third-order valence-corrected chi connectivity index (χ3v) is 2.39. The molecule has 0 unspecified atom stereocenters. The molecular formula is C11H19I. The highest BCUT2D eigenvalue weighted by atomic mass is 127. The van der Waals surface area contributed by atoms with Crippen molar-refractivity contribution in [2.24, 2.45) is 0 Å². The highest BCUT2D eigenvalue weighted by Crippen LogP contribution is 2.04. The SMILES string of the molecule is CC(C)=C=CCCCCCCI. The molecule has 0 aliphatic heterocycles. The van der Waals surface area contributed by atoms with Crippen molar-refractivity contribution in [1.82, 2.24) is 0 Å². The number of rotatable bonds is 6. The molecule has 0 heterocycles. The van der Waals surface area contributed by atoms with Crippen LogP contribution in [-0.4, -0.2) is 4.43 Å². The minimum absolute atomic E-state index is 1.20. The lowest BCUT2D eigenvalue weighted by Crippen LogP contribution is -1.77. The second-order valence-electron chi connectivity index (χ2n) is 3.24. The van der Waals surface area contributed by atoms with E-state index >= 15 is 0 Å². The molecule has 0 rings (SSSR count). The van der Waals surface area contributed by atoms with Crippen LogP contribution in [0.5, 0.6) is 0 Å². The molecule has 0 saturated carbocycles. The van der Waals surface area contributed by atoms with Crippen LogP contribution in [-0.2, 0) is 0 Å². The molecule has 0 atom stereocenters. The maximum Gasteiger partial charge on any atom is -0.000473 e. The van der Waals surface area contributed by atoms with Crippen LogP contribution in [0, 0.1) is 0 Å². The van der Waals surface area contributed by atoms with Gasteiger partial charge in [-0.05, 0) is 49.2 Å². The van der Waals surface area contributed by atoms with Crippen molar-refractivity contribution in [2.45, 2.75) is 46.0 Å². The summed E-state index contributed by atoms with van der Waals surface area (Å²) in [4.78, 5) is 0. The normalized spacial score (nSPS) is 9.25. The summed E-state index contributed by atoms with van der Waals surface area (Å²) < 4.78 is 1.31. The van der Waals surface area contributed by atoms with E-state index in [2.05, 4.69) is 48.2 Å². The summed E-state index contributed by atoms with van der Waals surface area (Å²) in [5.41, 5.74) is 4.51. The van der Waals surface area contributed by atoms with Crippen molar-refractivity contribution in [1.29, 1.82) is 0 Å². The first kappa shape index (κ1) is 12.2. The fourth-order valence-corrected chi connectivity index (χ4v) is 1.51. The Kier molecular flexibility index (Phi) is 9.53. The lowest BCUT2D eigenvalue weighted by molar-refractivity contribution is 0.681. The summed E-state index contributed by atoms with van der Waals surface area (Å²) in [6.45, 7) is 4.18. The fourth-order valence-electron chi connectivity index (χ4n) is 0.971. The molecule has 0 fully saturated rings. The third-order valence-electron chi connectivity index (χ3n) is 1.62. The molecule has 0 nitrogen and oxygen atoms in total. The smallest absolute Gasteiger partial charge is 0.000473 e. The van der Waals surface area contributed by atoms with Gasteiger partial charge in [-0.25, -0.2) is 0 Å². The summed E-state index contributed by atoms with van der Waals surface area (Å²) >= 11 is 2.44. The predicted octanol–water partition coefficient (Wildman–Crippen LogP) is 4.49. The van der Waals surface area contributed by atoms with Crippen molar-refractivity contribution >= 4 is 22.6 Å². The molecular weight excluding hydrogens is 259 g/mol. The first-order valence-electron chi connectivity index (χ1n) is 4.71. The van der Waals surface area contributed by atoms with Crippen LogP contribution in [0.25, 0.3) is 0 Å². The van der Waals surface area contributed by atoms with Gasteiger partial charge in [0.1, 0.15) is 0 Å². The van der Waals surface area contributed by atoms with Gasteiger partial charge in [-0.2, -0.15) is 0 Å². The van der Waals surface area contributed by atoms with Gasteiger partial charge in [0.15, 0.2) is 0 Å². The lowest BCUT2D eigenvalue weighted by atomic mass is 10.1. The number of alkyl halides is 1. The van der Waals surface area contributed by atoms with Gasteiger partial charge < -0.3 is 0 Å². The first-order chi connectivity index (χ1) is 5.77. The van der Waals surface area contributed by atoms with E-state index in [1.807, 2.05) is 0 Å². The van der Waals surface area contributed by atoms with E-state index in [0.717, 1.165) is 0 Å². The lowest BCUT2D eigenvalue weighted by Gasteiger charge is -1.94. The molecule has 0 aromatic carbocycles. The van der Waals surface area contributed by atoms with Gasteiger partial charge in [-0.15, -0.1) is 5.73 Å². The van der Waals surface area contributed by atoms with Crippen molar-refractivity contribution < 1.29 is 0 Å². The zero-order chi connectivity index (χ0) is 9.23. The Labute approximate surface area is 90.3 Å². The summed E-state index contributed by atoms with van der Waals surface area (Å²) in [5, 5.41) is 0. The highest BCUT2D eigenvalue weighted by molar-refractivity contribution is 14.1. The number of allylic oxidation sites excluding steroid dienone is 1. The van der Waals surface area contributed by atoms with E-state index < -0.39 is 0 Å². The van der Waals surface area contributed by atoms with E-state index in [4.69, 9.17) is 0 Å². The molecule has 70 valence electrons.